The molecule has 3 nitrogen and oxygen atoms in total. The maximum atomic E-state index is 5.87. The van der Waals surface area contributed by atoms with E-state index in [0.717, 1.165) is 39.1 Å². The van der Waals surface area contributed by atoms with Crippen molar-refractivity contribution in [2.45, 2.75) is 25.4 Å². The highest BCUT2D eigenvalue weighted by Crippen LogP contribution is 2.37. The van der Waals surface area contributed by atoms with Gasteiger partial charge in [0.05, 0.1) is 19.3 Å². The average Bonchev–Trinajstić information content (AvgIpc) is 2.29. The molecule has 15 heavy (non-hydrogen) atoms. The minimum atomic E-state index is 0.222. The lowest BCUT2D eigenvalue weighted by molar-refractivity contribution is -0.128. The standard InChI is InChI=1S/C12H21NO2/c1-2-7-14-10-12-5-3-8-15-11(12)4-6-13-9-12/h2,11,13H,1,3-10H2/t11-,12+/m0/s1. The summed E-state index contributed by atoms with van der Waals surface area (Å²) in [5.74, 6) is 0. The molecule has 0 spiro atoms. The van der Waals surface area contributed by atoms with Crippen LogP contribution in [0.2, 0.25) is 0 Å². The Labute approximate surface area is 91.8 Å². The molecule has 0 saturated carbocycles. The van der Waals surface area contributed by atoms with Gasteiger partial charge in [-0.25, -0.2) is 0 Å². The van der Waals surface area contributed by atoms with E-state index >= 15 is 0 Å². The van der Waals surface area contributed by atoms with E-state index in [1.54, 1.807) is 0 Å². The lowest BCUT2D eigenvalue weighted by Crippen LogP contribution is -2.55. The predicted molar refractivity (Wildman–Crippen MR) is 59.9 cm³/mol. The van der Waals surface area contributed by atoms with Gasteiger partial charge in [-0.1, -0.05) is 6.08 Å². The Morgan fingerprint density at radius 3 is 3.40 bits per heavy atom. The van der Waals surface area contributed by atoms with Crippen molar-refractivity contribution < 1.29 is 9.47 Å². The predicted octanol–water partition coefficient (Wildman–Crippen LogP) is 1.35. The topological polar surface area (TPSA) is 30.5 Å². The third-order valence-electron chi connectivity index (χ3n) is 3.51. The van der Waals surface area contributed by atoms with Gasteiger partial charge in [0.1, 0.15) is 0 Å². The van der Waals surface area contributed by atoms with Crippen LogP contribution in [-0.4, -0.2) is 39.0 Å². The molecule has 2 saturated heterocycles. The molecule has 2 fully saturated rings. The Balaban J connectivity index is 1.95. The van der Waals surface area contributed by atoms with Crippen LogP contribution in [0.5, 0.6) is 0 Å². The minimum absolute atomic E-state index is 0.222. The van der Waals surface area contributed by atoms with Gasteiger partial charge in [0.15, 0.2) is 0 Å². The van der Waals surface area contributed by atoms with Crippen LogP contribution in [0.15, 0.2) is 12.7 Å². The number of piperidine rings is 1. The van der Waals surface area contributed by atoms with Gasteiger partial charge >= 0.3 is 0 Å². The first-order valence-corrected chi connectivity index (χ1v) is 5.88. The van der Waals surface area contributed by atoms with E-state index in [1.807, 2.05) is 6.08 Å². The van der Waals surface area contributed by atoms with Crippen molar-refractivity contribution in [3.05, 3.63) is 12.7 Å². The van der Waals surface area contributed by atoms with Crippen LogP contribution in [-0.2, 0) is 9.47 Å². The van der Waals surface area contributed by atoms with Crippen molar-refractivity contribution in [1.82, 2.24) is 5.32 Å². The monoisotopic (exact) mass is 211 g/mol. The zero-order valence-electron chi connectivity index (χ0n) is 9.34. The summed E-state index contributed by atoms with van der Waals surface area (Å²) in [5.41, 5.74) is 0.222. The molecule has 0 aromatic heterocycles. The van der Waals surface area contributed by atoms with Crippen molar-refractivity contribution in [3.8, 4) is 0 Å². The highest BCUT2D eigenvalue weighted by molar-refractivity contribution is 4.95. The van der Waals surface area contributed by atoms with Crippen molar-refractivity contribution in [1.29, 1.82) is 0 Å². The molecule has 0 bridgehead atoms. The Morgan fingerprint density at radius 1 is 1.60 bits per heavy atom. The average molecular weight is 211 g/mol. The fourth-order valence-corrected chi connectivity index (χ4v) is 2.71. The molecule has 0 radical (unpaired) electrons. The maximum absolute atomic E-state index is 5.87. The summed E-state index contributed by atoms with van der Waals surface area (Å²) in [7, 11) is 0. The van der Waals surface area contributed by atoms with Crippen LogP contribution in [0, 0.1) is 5.41 Å². The van der Waals surface area contributed by atoms with Crippen LogP contribution < -0.4 is 5.32 Å². The van der Waals surface area contributed by atoms with Gasteiger partial charge in [0.2, 0.25) is 0 Å². The molecule has 0 unspecified atom stereocenters. The second kappa shape index (κ2) is 5.10. The second-order valence-electron chi connectivity index (χ2n) is 4.59. The zero-order chi connectivity index (χ0) is 10.6. The van der Waals surface area contributed by atoms with Gasteiger partial charge < -0.3 is 14.8 Å². The number of ether oxygens (including phenoxy) is 2. The molecular weight excluding hydrogens is 190 g/mol. The third-order valence-corrected chi connectivity index (χ3v) is 3.51. The molecular formula is C12H21NO2. The Kier molecular flexibility index (Phi) is 3.78. The molecule has 0 amide bonds. The van der Waals surface area contributed by atoms with Gasteiger partial charge in [-0.15, -0.1) is 6.58 Å². The molecule has 2 rings (SSSR count). The van der Waals surface area contributed by atoms with Gasteiger partial charge in [0.25, 0.3) is 0 Å². The van der Waals surface area contributed by atoms with Crippen LogP contribution in [0.1, 0.15) is 19.3 Å². The van der Waals surface area contributed by atoms with Crippen LogP contribution in [0.25, 0.3) is 0 Å². The van der Waals surface area contributed by atoms with Crippen molar-refractivity contribution in [2.24, 2.45) is 5.41 Å². The van der Waals surface area contributed by atoms with E-state index in [9.17, 15) is 0 Å². The Morgan fingerprint density at radius 2 is 2.53 bits per heavy atom. The number of fused-ring (bicyclic) bond motifs is 1. The number of hydrogen-bond acceptors (Lipinski definition) is 3. The summed E-state index contributed by atoms with van der Waals surface area (Å²) >= 11 is 0. The van der Waals surface area contributed by atoms with E-state index in [4.69, 9.17) is 9.47 Å². The molecule has 2 heterocycles. The number of rotatable bonds is 4. The van der Waals surface area contributed by atoms with Crippen molar-refractivity contribution in [2.75, 3.05) is 32.9 Å². The lowest BCUT2D eigenvalue weighted by Gasteiger charge is -2.46. The summed E-state index contributed by atoms with van der Waals surface area (Å²) in [6.45, 7) is 8.16. The molecule has 0 aromatic rings. The first-order valence-electron chi connectivity index (χ1n) is 5.88. The first-order chi connectivity index (χ1) is 7.37. The van der Waals surface area contributed by atoms with E-state index in [-0.39, 0.29) is 5.41 Å². The van der Waals surface area contributed by atoms with E-state index in [1.165, 1.54) is 6.42 Å². The Hall–Kier alpha value is -0.380. The smallest absolute Gasteiger partial charge is 0.0677 e. The van der Waals surface area contributed by atoms with Gasteiger partial charge in [-0.2, -0.15) is 0 Å². The molecule has 2 aliphatic heterocycles. The molecule has 0 aliphatic carbocycles. The van der Waals surface area contributed by atoms with Crippen LogP contribution in [0.4, 0.5) is 0 Å². The van der Waals surface area contributed by atoms with Crippen molar-refractivity contribution in [3.63, 3.8) is 0 Å². The van der Waals surface area contributed by atoms with E-state index in [0.29, 0.717) is 12.7 Å². The summed E-state index contributed by atoms with van der Waals surface area (Å²) in [6, 6.07) is 0. The molecule has 1 N–H and O–H groups in total. The van der Waals surface area contributed by atoms with Gasteiger partial charge in [-0.05, 0) is 25.8 Å². The van der Waals surface area contributed by atoms with Gasteiger partial charge in [-0.3, -0.25) is 0 Å². The third kappa shape index (κ3) is 2.41. The molecule has 2 aliphatic rings. The van der Waals surface area contributed by atoms with E-state index in [2.05, 4.69) is 11.9 Å². The summed E-state index contributed by atoms with van der Waals surface area (Å²) in [6.07, 6.45) is 5.72. The fraction of sp³-hybridized carbons (Fsp3) is 0.833. The van der Waals surface area contributed by atoms with Crippen molar-refractivity contribution >= 4 is 0 Å². The molecule has 0 aromatic carbocycles. The fourth-order valence-electron chi connectivity index (χ4n) is 2.71. The van der Waals surface area contributed by atoms with Crippen LogP contribution >= 0.6 is 0 Å². The first kappa shape index (κ1) is 11.1. The highest BCUT2D eigenvalue weighted by Gasteiger charge is 2.43. The summed E-state index contributed by atoms with van der Waals surface area (Å²) < 4.78 is 11.5. The zero-order valence-corrected chi connectivity index (χ0v) is 9.34. The molecule has 2 atom stereocenters. The normalized spacial score (nSPS) is 35.9. The summed E-state index contributed by atoms with van der Waals surface area (Å²) in [4.78, 5) is 0. The SMILES string of the molecule is C=CCOC[C@]12CCCO[C@H]1CCNC2. The maximum Gasteiger partial charge on any atom is 0.0677 e. The van der Waals surface area contributed by atoms with E-state index < -0.39 is 0 Å². The molecule has 86 valence electrons. The number of nitrogens with one attached hydrogen (secondary N) is 1. The quantitative estimate of drug-likeness (QED) is 0.562. The summed E-state index contributed by atoms with van der Waals surface area (Å²) in [5, 5.41) is 3.47. The second-order valence-corrected chi connectivity index (χ2v) is 4.59. The minimum Gasteiger partial charge on any atom is -0.377 e. The van der Waals surface area contributed by atoms with Gasteiger partial charge in [0, 0.05) is 18.6 Å². The molecule has 3 heteroatoms. The Bertz CT molecular complexity index is 206. The highest BCUT2D eigenvalue weighted by atomic mass is 16.5. The largest absolute Gasteiger partial charge is 0.377 e. The lowest BCUT2D eigenvalue weighted by atomic mass is 9.73. The van der Waals surface area contributed by atoms with Crippen LogP contribution in [0.3, 0.4) is 0 Å². The number of hydrogen-bond donors (Lipinski definition) is 1.